The lowest BCUT2D eigenvalue weighted by molar-refractivity contribution is 0.0773. The number of methoxy groups -OCH3 is 1. The highest BCUT2D eigenvalue weighted by atomic mass is 32.2. The first-order valence-corrected chi connectivity index (χ1v) is 10.4. The zero-order valence-electron chi connectivity index (χ0n) is 16.3. The van der Waals surface area contributed by atoms with E-state index in [0.717, 1.165) is 5.56 Å². The number of rotatable bonds is 9. The molecule has 28 heavy (non-hydrogen) atoms. The van der Waals surface area contributed by atoms with Crippen molar-refractivity contribution < 1.29 is 22.1 Å². The van der Waals surface area contributed by atoms with Gasteiger partial charge >= 0.3 is 10.1 Å². The van der Waals surface area contributed by atoms with E-state index in [1.165, 1.54) is 31.4 Å². The summed E-state index contributed by atoms with van der Waals surface area (Å²) in [7, 11) is -2.63. The molecule has 0 saturated heterocycles. The number of ether oxygens (including phenoxy) is 1. The van der Waals surface area contributed by atoms with Crippen LogP contribution in [0.5, 0.6) is 11.5 Å². The molecule has 0 atom stereocenters. The summed E-state index contributed by atoms with van der Waals surface area (Å²) in [6.45, 7) is 8.63. The maximum atomic E-state index is 12.6. The van der Waals surface area contributed by atoms with Crippen LogP contribution in [-0.2, 0) is 16.5 Å². The zero-order chi connectivity index (χ0) is 20.7. The van der Waals surface area contributed by atoms with Gasteiger partial charge in [-0.05, 0) is 62.2 Å². The van der Waals surface area contributed by atoms with Crippen LogP contribution < -0.4 is 8.92 Å². The molecular formula is C21H25NO5S. The lowest BCUT2D eigenvalue weighted by atomic mass is 10.1. The van der Waals surface area contributed by atoms with E-state index in [-0.39, 0.29) is 16.6 Å². The molecule has 0 fully saturated rings. The van der Waals surface area contributed by atoms with Crippen LogP contribution >= 0.6 is 0 Å². The monoisotopic (exact) mass is 403 g/mol. The van der Waals surface area contributed by atoms with Crippen molar-refractivity contribution in [2.24, 2.45) is 0 Å². The second kappa shape index (κ2) is 9.41. The molecule has 6 nitrogen and oxygen atoms in total. The van der Waals surface area contributed by atoms with Crippen molar-refractivity contribution in [2.75, 3.05) is 20.2 Å². The van der Waals surface area contributed by atoms with Gasteiger partial charge in [0, 0.05) is 18.7 Å². The van der Waals surface area contributed by atoms with E-state index < -0.39 is 10.1 Å². The first-order chi connectivity index (χ1) is 13.4. The molecule has 7 heteroatoms. The van der Waals surface area contributed by atoms with E-state index >= 15 is 0 Å². The molecule has 0 spiro atoms. The molecule has 0 aliphatic rings. The van der Waals surface area contributed by atoms with Gasteiger partial charge in [-0.25, -0.2) is 0 Å². The van der Waals surface area contributed by atoms with Crippen molar-refractivity contribution >= 4 is 16.0 Å². The van der Waals surface area contributed by atoms with Crippen molar-refractivity contribution in [3.8, 4) is 11.5 Å². The quantitative estimate of drug-likeness (QED) is 0.472. The van der Waals surface area contributed by atoms with Crippen molar-refractivity contribution in [1.82, 2.24) is 4.90 Å². The summed E-state index contributed by atoms with van der Waals surface area (Å²) in [5.41, 5.74) is 1.35. The van der Waals surface area contributed by atoms with E-state index in [0.29, 0.717) is 30.8 Å². The summed E-state index contributed by atoms with van der Waals surface area (Å²) in [6, 6.07) is 10.7. The number of amides is 1. The summed E-state index contributed by atoms with van der Waals surface area (Å²) in [6.07, 6.45) is 2.37. The first kappa shape index (κ1) is 21.5. The molecule has 0 heterocycles. The minimum Gasteiger partial charge on any atom is -0.493 e. The summed E-state index contributed by atoms with van der Waals surface area (Å²) in [5, 5.41) is 0. The maximum Gasteiger partial charge on any atom is 0.339 e. The lowest BCUT2D eigenvalue weighted by Gasteiger charge is -2.18. The Labute approximate surface area is 166 Å². The Balaban J connectivity index is 2.26. The summed E-state index contributed by atoms with van der Waals surface area (Å²) in [5.74, 6) is 0.268. The first-order valence-electron chi connectivity index (χ1n) is 8.97. The number of hydrogen-bond acceptors (Lipinski definition) is 5. The fourth-order valence-electron chi connectivity index (χ4n) is 2.70. The van der Waals surface area contributed by atoms with E-state index in [2.05, 4.69) is 6.58 Å². The molecule has 0 N–H and O–H groups in total. The molecule has 0 bridgehead atoms. The van der Waals surface area contributed by atoms with Crippen LogP contribution in [0.4, 0.5) is 0 Å². The second-order valence-corrected chi connectivity index (χ2v) is 7.56. The highest BCUT2D eigenvalue weighted by molar-refractivity contribution is 7.87. The van der Waals surface area contributed by atoms with Crippen LogP contribution in [-0.4, -0.2) is 39.4 Å². The summed E-state index contributed by atoms with van der Waals surface area (Å²) in [4.78, 5) is 14.0. The van der Waals surface area contributed by atoms with Crippen molar-refractivity contribution in [2.45, 2.75) is 25.2 Å². The van der Waals surface area contributed by atoms with Gasteiger partial charge in [-0.3, -0.25) is 4.79 Å². The van der Waals surface area contributed by atoms with E-state index in [9.17, 15) is 13.2 Å². The van der Waals surface area contributed by atoms with Crippen LogP contribution in [0.25, 0.3) is 0 Å². The average Bonchev–Trinajstić information content (AvgIpc) is 2.70. The van der Waals surface area contributed by atoms with Gasteiger partial charge in [-0.1, -0.05) is 12.1 Å². The molecule has 0 aromatic heterocycles. The van der Waals surface area contributed by atoms with E-state index in [1.807, 2.05) is 13.8 Å². The van der Waals surface area contributed by atoms with Gasteiger partial charge in [0.25, 0.3) is 5.91 Å². The largest absolute Gasteiger partial charge is 0.493 e. The molecule has 0 saturated carbocycles. The predicted molar refractivity (Wildman–Crippen MR) is 108 cm³/mol. The molecule has 0 aliphatic heterocycles. The molecule has 1 amide bonds. The fourth-order valence-corrected chi connectivity index (χ4v) is 3.64. The van der Waals surface area contributed by atoms with E-state index in [1.54, 1.807) is 29.2 Å². The van der Waals surface area contributed by atoms with Crippen LogP contribution in [0, 0.1) is 0 Å². The fraction of sp³-hybridized carbons (Fsp3) is 0.286. The number of carbonyl (C=O) groups excluding carboxylic acids is 1. The predicted octanol–water partition coefficient (Wildman–Crippen LogP) is 3.67. The lowest BCUT2D eigenvalue weighted by Crippen LogP contribution is -2.30. The van der Waals surface area contributed by atoms with Crippen LogP contribution in [0.3, 0.4) is 0 Å². The van der Waals surface area contributed by atoms with Crippen molar-refractivity contribution in [3.05, 3.63) is 66.2 Å². The Morgan fingerprint density at radius 3 is 2.25 bits per heavy atom. The van der Waals surface area contributed by atoms with Crippen LogP contribution in [0.2, 0.25) is 0 Å². The van der Waals surface area contributed by atoms with Gasteiger partial charge in [-0.2, -0.15) is 8.42 Å². The molecule has 2 aromatic rings. The molecule has 150 valence electrons. The normalized spacial score (nSPS) is 11.0. The average molecular weight is 404 g/mol. The Bertz CT molecular complexity index is 932. The third-order valence-electron chi connectivity index (χ3n) is 4.25. The Morgan fingerprint density at radius 1 is 1.07 bits per heavy atom. The zero-order valence-corrected chi connectivity index (χ0v) is 17.2. The van der Waals surface area contributed by atoms with Gasteiger partial charge in [0.1, 0.15) is 4.90 Å². The van der Waals surface area contributed by atoms with Gasteiger partial charge in [0.05, 0.1) is 7.11 Å². The Morgan fingerprint density at radius 2 is 1.71 bits per heavy atom. The standard InChI is InChI=1S/C21H25NO5S/c1-5-8-16-9-14-19(20(15-16)26-4)27-28(24,25)18-12-10-17(11-13-18)21(23)22(6-2)7-3/h5,9-15H,1,6-8H2,2-4H3. The van der Waals surface area contributed by atoms with Crippen molar-refractivity contribution in [1.29, 1.82) is 0 Å². The minimum atomic E-state index is -4.07. The molecule has 0 unspecified atom stereocenters. The number of allylic oxidation sites excluding steroid dienone is 1. The summed E-state index contributed by atoms with van der Waals surface area (Å²) >= 11 is 0. The van der Waals surface area contributed by atoms with Gasteiger partial charge in [-0.15, -0.1) is 6.58 Å². The third-order valence-corrected chi connectivity index (χ3v) is 5.50. The topological polar surface area (TPSA) is 72.9 Å². The highest BCUT2D eigenvalue weighted by Gasteiger charge is 2.20. The van der Waals surface area contributed by atoms with Gasteiger partial charge in [0.15, 0.2) is 11.5 Å². The number of carbonyl (C=O) groups is 1. The molecular weight excluding hydrogens is 378 g/mol. The van der Waals surface area contributed by atoms with Crippen molar-refractivity contribution in [3.63, 3.8) is 0 Å². The van der Waals surface area contributed by atoms with Crippen LogP contribution in [0.1, 0.15) is 29.8 Å². The molecule has 2 rings (SSSR count). The number of nitrogens with zero attached hydrogens (tertiary/aromatic N) is 1. The third kappa shape index (κ3) is 4.92. The molecule has 2 aromatic carbocycles. The molecule has 0 aliphatic carbocycles. The molecule has 0 radical (unpaired) electrons. The number of hydrogen-bond donors (Lipinski definition) is 0. The summed E-state index contributed by atoms with van der Waals surface area (Å²) < 4.78 is 35.7. The Hall–Kier alpha value is -2.80. The maximum absolute atomic E-state index is 12.6. The second-order valence-electron chi connectivity index (χ2n) is 6.02. The van der Waals surface area contributed by atoms with Gasteiger partial charge in [0.2, 0.25) is 0 Å². The SMILES string of the molecule is C=CCc1ccc(OS(=O)(=O)c2ccc(C(=O)N(CC)CC)cc2)c(OC)c1. The minimum absolute atomic E-state index is 0.0409. The Kier molecular flexibility index (Phi) is 7.23. The smallest absolute Gasteiger partial charge is 0.339 e. The van der Waals surface area contributed by atoms with E-state index in [4.69, 9.17) is 8.92 Å². The highest BCUT2D eigenvalue weighted by Crippen LogP contribution is 2.31. The van der Waals surface area contributed by atoms with Gasteiger partial charge < -0.3 is 13.8 Å². The van der Waals surface area contributed by atoms with Crippen LogP contribution in [0.15, 0.2) is 60.0 Å². The number of benzene rings is 2.